The van der Waals surface area contributed by atoms with Gasteiger partial charge < -0.3 is 0 Å². The summed E-state index contributed by atoms with van der Waals surface area (Å²) in [5, 5.41) is 3.33. The third kappa shape index (κ3) is 1.91. The Morgan fingerprint density at radius 2 is 1.50 bits per heavy atom. The van der Waals surface area contributed by atoms with Gasteiger partial charge in [0, 0.05) is 25.2 Å². The Morgan fingerprint density at radius 1 is 0.650 bits per heavy atom. The van der Waals surface area contributed by atoms with Crippen molar-refractivity contribution in [1.29, 1.82) is 0 Å². The molecule has 4 aromatic rings. The number of benzene rings is 3. The average molecular weight is 295 g/mol. The monoisotopic (exact) mass is 294 g/mol. The first kappa shape index (κ1) is 12.0. The van der Waals surface area contributed by atoms with Crippen LogP contribution in [0.25, 0.3) is 31.3 Å². The fourth-order valence-electron chi connectivity index (χ4n) is 2.56. The number of hydrogen-bond donors (Lipinski definition) is 0. The van der Waals surface area contributed by atoms with Crippen molar-refractivity contribution in [1.82, 2.24) is 0 Å². The molecule has 2 heteroatoms. The molecule has 0 aliphatic heterocycles. The van der Waals surface area contributed by atoms with Gasteiger partial charge in [0.1, 0.15) is 0 Å². The molecule has 0 atom stereocenters. The second-order valence-electron chi connectivity index (χ2n) is 4.82. The van der Waals surface area contributed by atoms with E-state index in [2.05, 4.69) is 54.6 Å². The maximum absolute atomic E-state index is 6.11. The van der Waals surface area contributed by atoms with E-state index in [-0.39, 0.29) is 0 Å². The van der Waals surface area contributed by atoms with Crippen molar-refractivity contribution in [2.45, 2.75) is 0 Å². The van der Waals surface area contributed by atoms with E-state index in [0.717, 1.165) is 5.02 Å². The van der Waals surface area contributed by atoms with Gasteiger partial charge in [0.2, 0.25) is 0 Å². The molecule has 0 saturated carbocycles. The van der Waals surface area contributed by atoms with Gasteiger partial charge in [-0.1, -0.05) is 54.1 Å². The van der Waals surface area contributed by atoms with Crippen LogP contribution >= 0.6 is 22.9 Å². The highest BCUT2D eigenvalue weighted by atomic mass is 35.5. The lowest BCUT2D eigenvalue weighted by Crippen LogP contribution is -1.75. The molecule has 0 saturated heterocycles. The van der Waals surface area contributed by atoms with Crippen LogP contribution in [0.5, 0.6) is 0 Å². The highest BCUT2D eigenvalue weighted by Crippen LogP contribution is 2.37. The normalized spacial score (nSPS) is 11.2. The molecule has 4 rings (SSSR count). The molecule has 0 fully saturated rings. The average Bonchev–Trinajstić information content (AvgIpc) is 2.85. The zero-order valence-corrected chi connectivity index (χ0v) is 12.2. The van der Waals surface area contributed by atoms with Crippen LogP contribution in [0.15, 0.2) is 66.7 Å². The molecule has 0 nitrogen and oxygen atoms in total. The third-order valence-corrected chi connectivity index (χ3v) is 4.91. The Kier molecular flexibility index (Phi) is 2.76. The minimum Gasteiger partial charge on any atom is -0.135 e. The van der Waals surface area contributed by atoms with Gasteiger partial charge >= 0.3 is 0 Å². The number of halogens is 1. The van der Waals surface area contributed by atoms with Gasteiger partial charge in [0.25, 0.3) is 0 Å². The Labute approximate surface area is 126 Å². The maximum Gasteiger partial charge on any atom is 0.0413 e. The second kappa shape index (κ2) is 4.62. The molecule has 0 bridgehead atoms. The van der Waals surface area contributed by atoms with E-state index in [1.165, 1.54) is 31.3 Å². The van der Waals surface area contributed by atoms with Crippen molar-refractivity contribution < 1.29 is 0 Å². The minimum absolute atomic E-state index is 0.796. The summed E-state index contributed by atoms with van der Waals surface area (Å²) in [6.07, 6.45) is 0. The van der Waals surface area contributed by atoms with E-state index < -0.39 is 0 Å². The predicted molar refractivity (Wildman–Crippen MR) is 89.8 cm³/mol. The topological polar surface area (TPSA) is 0 Å². The van der Waals surface area contributed by atoms with Crippen molar-refractivity contribution in [2.75, 3.05) is 0 Å². The Bertz CT molecular complexity index is 907. The van der Waals surface area contributed by atoms with Crippen LogP contribution < -0.4 is 0 Å². The summed E-state index contributed by atoms with van der Waals surface area (Å²) in [6.45, 7) is 0. The minimum atomic E-state index is 0.796. The molecule has 0 aliphatic carbocycles. The maximum atomic E-state index is 6.11. The molecular formula is C18H11ClS. The van der Waals surface area contributed by atoms with E-state index in [0.29, 0.717) is 0 Å². The van der Waals surface area contributed by atoms with Crippen molar-refractivity contribution in [3.63, 3.8) is 0 Å². The third-order valence-electron chi connectivity index (χ3n) is 3.54. The lowest BCUT2D eigenvalue weighted by molar-refractivity contribution is 1.66. The number of hydrogen-bond acceptors (Lipinski definition) is 1. The molecular weight excluding hydrogens is 284 g/mol. The lowest BCUT2D eigenvalue weighted by atomic mass is 10.0. The van der Waals surface area contributed by atoms with Gasteiger partial charge in [-0.25, -0.2) is 0 Å². The van der Waals surface area contributed by atoms with Gasteiger partial charge in [0.05, 0.1) is 0 Å². The zero-order chi connectivity index (χ0) is 13.5. The van der Waals surface area contributed by atoms with Crippen LogP contribution in [0.2, 0.25) is 5.02 Å². The van der Waals surface area contributed by atoms with Crippen LogP contribution in [-0.4, -0.2) is 0 Å². The fraction of sp³-hybridized carbons (Fsp3) is 0. The molecule has 96 valence electrons. The van der Waals surface area contributed by atoms with Crippen molar-refractivity contribution >= 4 is 43.1 Å². The largest absolute Gasteiger partial charge is 0.135 e. The SMILES string of the molecule is Clc1ccc2sc3cc(-c4ccccc4)ccc3c2c1. The number of fused-ring (bicyclic) bond motifs is 3. The summed E-state index contributed by atoms with van der Waals surface area (Å²) in [5.74, 6) is 0. The fourth-order valence-corrected chi connectivity index (χ4v) is 3.86. The van der Waals surface area contributed by atoms with E-state index >= 15 is 0 Å². The lowest BCUT2D eigenvalue weighted by Gasteiger charge is -2.01. The smallest absolute Gasteiger partial charge is 0.0413 e. The number of rotatable bonds is 1. The molecule has 0 amide bonds. The summed E-state index contributed by atoms with van der Waals surface area (Å²) in [5.41, 5.74) is 2.51. The predicted octanol–water partition coefficient (Wildman–Crippen LogP) is 6.37. The molecule has 20 heavy (non-hydrogen) atoms. The molecule has 0 spiro atoms. The van der Waals surface area contributed by atoms with Crippen molar-refractivity contribution in [3.8, 4) is 11.1 Å². The molecule has 3 aromatic carbocycles. The van der Waals surface area contributed by atoms with Crippen LogP contribution in [0, 0.1) is 0 Å². The quantitative estimate of drug-likeness (QED) is 0.382. The second-order valence-corrected chi connectivity index (χ2v) is 6.34. The molecule has 0 radical (unpaired) electrons. The Morgan fingerprint density at radius 3 is 2.35 bits per heavy atom. The van der Waals surface area contributed by atoms with Gasteiger partial charge in [-0.15, -0.1) is 11.3 Å². The molecule has 0 aliphatic rings. The molecule has 0 unspecified atom stereocenters. The van der Waals surface area contributed by atoms with E-state index in [4.69, 9.17) is 11.6 Å². The van der Waals surface area contributed by atoms with Crippen LogP contribution in [0.4, 0.5) is 0 Å². The zero-order valence-electron chi connectivity index (χ0n) is 10.6. The van der Waals surface area contributed by atoms with Crippen molar-refractivity contribution in [3.05, 3.63) is 71.8 Å². The molecule has 1 aromatic heterocycles. The van der Waals surface area contributed by atoms with Gasteiger partial charge in [-0.05, 0) is 35.4 Å². The first-order valence-corrected chi connectivity index (χ1v) is 7.68. The highest BCUT2D eigenvalue weighted by molar-refractivity contribution is 7.25. The highest BCUT2D eigenvalue weighted by Gasteiger charge is 2.07. The standard InChI is InChI=1S/C18H11ClS/c19-14-7-9-17-16(11-14)15-8-6-13(10-18(15)20-17)12-4-2-1-3-5-12/h1-11H. The Hall–Kier alpha value is -1.83. The van der Waals surface area contributed by atoms with Gasteiger partial charge in [-0.3, -0.25) is 0 Å². The van der Waals surface area contributed by atoms with Gasteiger partial charge in [-0.2, -0.15) is 0 Å². The summed E-state index contributed by atoms with van der Waals surface area (Å²) in [4.78, 5) is 0. The van der Waals surface area contributed by atoms with Gasteiger partial charge in [0.15, 0.2) is 0 Å². The van der Waals surface area contributed by atoms with E-state index in [1.807, 2.05) is 23.5 Å². The van der Waals surface area contributed by atoms with Crippen molar-refractivity contribution in [2.24, 2.45) is 0 Å². The number of thiophene rings is 1. The van der Waals surface area contributed by atoms with Crippen LogP contribution in [0.3, 0.4) is 0 Å². The summed E-state index contributed by atoms with van der Waals surface area (Å²) >= 11 is 7.93. The Balaban J connectivity index is 1.98. The van der Waals surface area contributed by atoms with E-state index in [1.54, 1.807) is 0 Å². The summed E-state index contributed by atoms with van der Waals surface area (Å²) in [6, 6.07) is 23.2. The molecule has 0 N–H and O–H groups in total. The molecule has 1 heterocycles. The summed E-state index contributed by atoms with van der Waals surface area (Å²) < 4.78 is 2.60. The first-order chi connectivity index (χ1) is 9.81. The van der Waals surface area contributed by atoms with Crippen LogP contribution in [-0.2, 0) is 0 Å². The van der Waals surface area contributed by atoms with Crippen LogP contribution in [0.1, 0.15) is 0 Å². The first-order valence-electron chi connectivity index (χ1n) is 6.48. The summed E-state index contributed by atoms with van der Waals surface area (Å²) in [7, 11) is 0. The van der Waals surface area contributed by atoms with E-state index in [9.17, 15) is 0 Å².